The Balaban J connectivity index is 1.70. The van der Waals surface area contributed by atoms with Crippen LogP contribution in [-0.4, -0.2) is 74.1 Å². The van der Waals surface area contributed by atoms with E-state index in [0.717, 1.165) is 0 Å². The molecule has 25 heavy (non-hydrogen) atoms. The van der Waals surface area contributed by atoms with Gasteiger partial charge in [-0.15, -0.1) is 14.5 Å². The Hall–Kier alpha value is -2.58. The zero-order chi connectivity index (χ0) is 18.4. The Labute approximate surface area is 142 Å². The number of hydroxylamine groups is 2. The molecule has 1 aromatic rings. The van der Waals surface area contributed by atoms with E-state index < -0.39 is 34.4 Å². The quantitative estimate of drug-likeness (QED) is 0.326. The van der Waals surface area contributed by atoms with Crippen LogP contribution in [0.15, 0.2) is 6.33 Å². The predicted octanol–water partition coefficient (Wildman–Crippen LogP) is -1.47. The number of hydrogen-bond acceptors (Lipinski definition) is 8. The number of piperidine rings is 1. The molecule has 14 heteroatoms. The maximum atomic E-state index is 12.3. The highest BCUT2D eigenvalue weighted by Crippen LogP contribution is 2.30. The molecule has 3 amide bonds. The Kier molecular flexibility index (Phi) is 4.18. The molecule has 0 spiro atoms. The van der Waals surface area contributed by atoms with Crippen LogP contribution in [0.4, 0.5) is 4.79 Å². The molecule has 0 saturated carbocycles. The van der Waals surface area contributed by atoms with Crippen LogP contribution in [0.3, 0.4) is 0 Å². The molecule has 0 radical (unpaired) electrons. The predicted molar refractivity (Wildman–Crippen MR) is 79.6 cm³/mol. The van der Waals surface area contributed by atoms with Crippen molar-refractivity contribution < 1.29 is 26.8 Å². The fourth-order valence-corrected chi connectivity index (χ4v) is 3.27. The summed E-state index contributed by atoms with van der Waals surface area (Å²) in [6, 6.07) is -2.12. The number of carbonyl (C=O) groups is 2. The molecule has 2 aliphatic rings. The third kappa shape index (κ3) is 3.31. The molecule has 136 valence electrons. The summed E-state index contributed by atoms with van der Waals surface area (Å²) < 4.78 is 36.1. The minimum Gasteiger partial charge on any atom is -0.313 e. The molecule has 1 aromatic heterocycles. The van der Waals surface area contributed by atoms with Gasteiger partial charge in [0, 0.05) is 13.6 Å². The van der Waals surface area contributed by atoms with Gasteiger partial charge in [-0.25, -0.2) is 4.79 Å². The second-order valence-electron chi connectivity index (χ2n) is 5.64. The van der Waals surface area contributed by atoms with Crippen LogP contribution < -0.4 is 5.32 Å². The number of nitrogens with one attached hydrogen (secondary N) is 2. The molecule has 2 atom stereocenters. The first kappa shape index (κ1) is 17.2. The van der Waals surface area contributed by atoms with Gasteiger partial charge in [0.05, 0.1) is 12.1 Å². The first-order valence-corrected chi connectivity index (χ1v) is 8.54. The fraction of sp³-hybridized carbons (Fsp3) is 0.545. The Morgan fingerprint density at radius 1 is 1.48 bits per heavy atom. The molecular weight excluding hydrogens is 358 g/mol. The van der Waals surface area contributed by atoms with Gasteiger partial charge in [-0.05, 0) is 12.8 Å². The van der Waals surface area contributed by atoms with Crippen molar-refractivity contribution in [2.24, 2.45) is 7.05 Å². The van der Waals surface area contributed by atoms with Crippen molar-refractivity contribution in [3.8, 4) is 0 Å². The number of hydrogen-bond donors (Lipinski definition) is 3. The average Bonchev–Trinajstić information content (AvgIpc) is 3.04. The van der Waals surface area contributed by atoms with Crippen LogP contribution in [0.25, 0.3) is 0 Å². The highest BCUT2D eigenvalue weighted by Gasteiger charge is 2.48. The number of amidine groups is 1. The summed E-state index contributed by atoms with van der Waals surface area (Å²) in [5, 5.41) is 18.2. The smallest absolute Gasteiger partial charge is 0.313 e. The van der Waals surface area contributed by atoms with Gasteiger partial charge in [-0.2, -0.15) is 13.5 Å². The zero-order valence-electron chi connectivity index (χ0n) is 13.0. The molecule has 2 bridgehead atoms. The summed E-state index contributed by atoms with van der Waals surface area (Å²) in [6.45, 7) is 0.112. The number of aromatic nitrogens is 3. The van der Waals surface area contributed by atoms with E-state index in [1.807, 2.05) is 0 Å². The van der Waals surface area contributed by atoms with Crippen LogP contribution in [0.5, 0.6) is 0 Å². The first-order valence-electron chi connectivity index (χ1n) is 7.18. The molecule has 2 aliphatic heterocycles. The van der Waals surface area contributed by atoms with Crippen molar-refractivity contribution in [3.63, 3.8) is 0 Å². The third-order valence-electron chi connectivity index (χ3n) is 3.99. The van der Waals surface area contributed by atoms with Crippen molar-refractivity contribution in [1.82, 2.24) is 30.0 Å². The summed E-state index contributed by atoms with van der Waals surface area (Å²) in [7, 11) is -3.27. The highest BCUT2D eigenvalue weighted by atomic mass is 32.3. The van der Waals surface area contributed by atoms with Gasteiger partial charge in [0.25, 0.3) is 5.91 Å². The third-order valence-corrected chi connectivity index (χ3v) is 4.34. The number of urea groups is 1. The van der Waals surface area contributed by atoms with E-state index in [4.69, 9.17) is 9.96 Å². The minimum absolute atomic E-state index is 0.00233. The van der Waals surface area contributed by atoms with Crippen LogP contribution in [0, 0.1) is 5.41 Å². The fourth-order valence-electron chi connectivity index (χ4n) is 2.88. The highest BCUT2D eigenvalue weighted by molar-refractivity contribution is 7.80. The molecule has 0 unspecified atom stereocenters. The van der Waals surface area contributed by atoms with Gasteiger partial charge >= 0.3 is 16.4 Å². The molecule has 2 saturated heterocycles. The van der Waals surface area contributed by atoms with Gasteiger partial charge in [0.2, 0.25) is 5.82 Å². The standard InChI is InChI=1S/C11H15N7O6S/c1-16-5-13-15-9(16)10(19)14-8(12)7-3-2-6-4-17(7)11(20)18(6)24-25(21,22)23/h5-7H,2-4H2,1H3,(H2,12,14,19)(H,21,22,23)/t6-,7+/m1/s1. The van der Waals surface area contributed by atoms with Gasteiger partial charge in [-0.3, -0.25) is 14.8 Å². The lowest BCUT2D eigenvalue weighted by molar-refractivity contribution is -0.0316. The second-order valence-corrected chi connectivity index (χ2v) is 6.65. The lowest BCUT2D eigenvalue weighted by Crippen LogP contribution is -2.51. The van der Waals surface area contributed by atoms with Gasteiger partial charge in [0.15, 0.2) is 0 Å². The molecule has 0 aromatic carbocycles. The monoisotopic (exact) mass is 373 g/mol. The molecular formula is C11H15N7O6S. The maximum Gasteiger partial charge on any atom is 0.418 e. The van der Waals surface area contributed by atoms with Gasteiger partial charge < -0.3 is 14.8 Å². The average molecular weight is 373 g/mol. The van der Waals surface area contributed by atoms with E-state index in [0.29, 0.717) is 17.9 Å². The van der Waals surface area contributed by atoms with Crippen LogP contribution in [-0.2, 0) is 21.7 Å². The SMILES string of the molecule is Cn1cnnc1C(=O)NC(=N)[C@@H]1CC[C@@H]2CN1C(=O)N2OS(=O)(=O)O. The molecule has 2 fully saturated rings. The van der Waals surface area contributed by atoms with Crippen molar-refractivity contribution in [1.29, 1.82) is 5.41 Å². The zero-order valence-corrected chi connectivity index (χ0v) is 13.8. The van der Waals surface area contributed by atoms with E-state index >= 15 is 0 Å². The van der Waals surface area contributed by atoms with Gasteiger partial charge in [-0.1, -0.05) is 0 Å². The van der Waals surface area contributed by atoms with Crippen LogP contribution in [0.1, 0.15) is 23.5 Å². The molecule has 3 N–H and O–H groups in total. The Morgan fingerprint density at radius 2 is 2.20 bits per heavy atom. The summed E-state index contributed by atoms with van der Waals surface area (Å²) in [5.41, 5.74) is 0. The molecule has 13 nitrogen and oxygen atoms in total. The summed E-state index contributed by atoms with van der Waals surface area (Å²) >= 11 is 0. The Morgan fingerprint density at radius 3 is 2.80 bits per heavy atom. The number of nitrogens with zero attached hydrogens (tertiary/aromatic N) is 5. The number of amides is 3. The van der Waals surface area contributed by atoms with E-state index in [1.54, 1.807) is 7.05 Å². The maximum absolute atomic E-state index is 12.3. The van der Waals surface area contributed by atoms with Crippen LogP contribution >= 0.6 is 0 Å². The molecule has 3 rings (SSSR count). The van der Waals surface area contributed by atoms with Gasteiger partial charge in [0.1, 0.15) is 12.2 Å². The Bertz CT molecular complexity index is 836. The lowest BCUT2D eigenvalue weighted by atomic mass is 10.00. The summed E-state index contributed by atoms with van der Waals surface area (Å²) in [5.74, 6) is -0.874. The van der Waals surface area contributed by atoms with Crippen molar-refractivity contribution in [2.45, 2.75) is 24.9 Å². The molecule has 0 aliphatic carbocycles. The van der Waals surface area contributed by atoms with E-state index in [2.05, 4.69) is 19.8 Å². The normalized spacial score (nSPS) is 23.0. The molecule has 3 heterocycles. The minimum atomic E-state index is -4.83. The topological polar surface area (TPSA) is 171 Å². The van der Waals surface area contributed by atoms with Crippen molar-refractivity contribution in [2.75, 3.05) is 6.54 Å². The van der Waals surface area contributed by atoms with E-state index in [9.17, 15) is 18.0 Å². The number of aryl methyl sites for hydroxylation is 1. The summed E-state index contributed by atoms with van der Waals surface area (Å²) in [4.78, 5) is 25.6. The van der Waals surface area contributed by atoms with E-state index in [-0.39, 0.29) is 18.2 Å². The lowest BCUT2D eigenvalue weighted by Gasteiger charge is -2.30. The second kappa shape index (κ2) is 6.05. The van der Waals surface area contributed by atoms with Crippen LogP contribution in [0.2, 0.25) is 0 Å². The first-order chi connectivity index (χ1) is 11.7. The number of rotatable bonds is 4. The van der Waals surface area contributed by atoms with Crippen molar-refractivity contribution >= 4 is 28.2 Å². The largest absolute Gasteiger partial charge is 0.418 e. The van der Waals surface area contributed by atoms with Crippen molar-refractivity contribution in [3.05, 3.63) is 12.2 Å². The number of carbonyl (C=O) groups excluding carboxylic acids is 2. The van der Waals surface area contributed by atoms with E-state index in [1.165, 1.54) is 15.8 Å². The summed E-state index contributed by atoms with van der Waals surface area (Å²) in [6.07, 6.45) is 1.99. The number of fused-ring (bicyclic) bond motifs is 2.